The third kappa shape index (κ3) is 4.45. The monoisotopic (exact) mass is 463 g/mol. The van der Waals surface area contributed by atoms with Gasteiger partial charge in [-0.15, -0.1) is 0 Å². The number of nitrogens with zero attached hydrogens (tertiary/aromatic N) is 5. The van der Waals surface area contributed by atoms with E-state index in [4.69, 9.17) is 4.74 Å². The molecule has 0 atom stereocenters. The van der Waals surface area contributed by atoms with Gasteiger partial charge < -0.3 is 9.64 Å². The smallest absolute Gasteiger partial charge is 0.264 e. The molecule has 1 aromatic carbocycles. The molecule has 2 aromatic heterocycles. The lowest BCUT2D eigenvalue weighted by molar-refractivity contribution is -0.138. The summed E-state index contributed by atoms with van der Waals surface area (Å²) in [7, 11) is 1.62. The molecule has 34 heavy (non-hydrogen) atoms. The molecule has 8 heteroatoms. The second-order valence-electron chi connectivity index (χ2n) is 9.55. The van der Waals surface area contributed by atoms with Crippen molar-refractivity contribution in [3.05, 3.63) is 47.1 Å². The topological polar surface area (TPSA) is 82.2 Å². The van der Waals surface area contributed by atoms with Gasteiger partial charge in [0.15, 0.2) is 5.65 Å². The molecule has 2 fully saturated rings. The summed E-state index contributed by atoms with van der Waals surface area (Å²) in [5, 5.41) is 4.80. The first-order valence-corrected chi connectivity index (χ1v) is 12.5. The third-order valence-corrected chi connectivity index (χ3v) is 7.40. The number of ether oxygens (including phenoxy) is 1. The number of hydrogen-bond donors (Lipinski definition) is 0. The van der Waals surface area contributed by atoms with Crippen LogP contribution in [0.2, 0.25) is 0 Å². The standard InChI is InChI=1S/C26H33N5O3/c1-34-22-14-12-21(13-15-22)31-25-23(16-28-31)26(33)29(18-27-25)17-24(32)30(19-8-4-2-5-9-19)20-10-6-3-7-11-20/h12-16,18-20H,2-11,17H2,1H3. The van der Waals surface area contributed by atoms with Crippen molar-refractivity contribution in [3.8, 4) is 11.4 Å². The van der Waals surface area contributed by atoms with E-state index in [0.29, 0.717) is 23.1 Å². The SMILES string of the molecule is COc1ccc(-n2ncc3c(=O)n(CC(=O)N(C4CCCCC4)C4CCCCC4)cnc32)cc1. The highest BCUT2D eigenvalue weighted by atomic mass is 16.5. The summed E-state index contributed by atoms with van der Waals surface area (Å²) in [4.78, 5) is 33.5. The van der Waals surface area contributed by atoms with Gasteiger partial charge in [0.25, 0.3) is 5.56 Å². The van der Waals surface area contributed by atoms with Crippen molar-refractivity contribution < 1.29 is 9.53 Å². The summed E-state index contributed by atoms with van der Waals surface area (Å²) in [5.41, 5.74) is 1.04. The van der Waals surface area contributed by atoms with E-state index in [1.807, 2.05) is 24.3 Å². The van der Waals surface area contributed by atoms with Crippen molar-refractivity contribution in [2.45, 2.75) is 82.8 Å². The zero-order chi connectivity index (χ0) is 23.5. The van der Waals surface area contributed by atoms with Crippen LogP contribution >= 0.6 is 0 Å². The molecule has 0 bridgehead atoms. The Kier molecular flexibility index (Phi) is 6.65. The van der Waals surface area contributed by atoms with Gasteiger partial charge >= 0.3 is 0 Å². The van der Waals surface area contributed by atoms with E-state index in [2.05, 4.69) is 15.0 Å². The number of aromatic nitrogens is 4. The number of hydrogen-bond acceptors (Lipinski definition) is 5. The van der Waals surface area contributed by atoms with Gasteiger partial charge in [-0.1, -0.05) is 38.5 Å². The molecule has 8 nitrogen and oxygen atoms in total. The summed E-state index contributed by atoms with van der Waals surface area (Å²) in [6, 6.07) is 8.02. The molecular formula is C26H33N5O3. The van der Waals surface area contributed by atoms with Crippen LogP contribution in [0.4, 0.5) is 0 Å². The van der Waals surface area contributed by atoms with E-state index in [1.165, 1.54) is 55.6 Å². The average molecular weight is 464 g/mol. The summed E-state index contributed by atoms with van der Waals surface area (Å²) >= 11 is 0. The lowest BCUT2D eigenvalue weighted by atomic mass is 9.88. The van der Waals surface area contributed by atoms with E-state index in [1.54, 1.807) is 11.8 Å². The number of methoxy groups -OCH3 is 1. The van der Waals surface area contributed by atoms with Crippen molar-refractivity contribution in [2.24, 2.45) is 0 Å². The van der Waals surface area contributed by atoms with Crippen LogP contribution in [0.3, 0.4) is 0 Å². The van der Waals surface area contributed by atoms with Crippen molar-refractivity contribution >= 4 is 16.9 Å². The van der Waals surface area contributed by atoms with Crippen LogP contribution in [0.5, 0.6) is 5.75 Å². The number of amides is 1. The fourth-order valence-corrected chi connectivity index (χ4v) is 5.62. The van der Waals surface area contributed by atoms with Crippen molar-refractivity contribution in [1.82, 2.24) is 24.2 Å². The molecule has 1 amide bonds. The van der Waals surface area contributed by atoms with Crippen LogP contribution in [0.1, 0.15) is 64.2 Å². The first kappa shape index (κ1) is 22.6. The minimum Gasteiger partial charge on any atom is -0.497 e. The molecule has 2 saturated carbocycles. The molecule has 2 aliphatic carbocycles. The quantitative estimate of drug-likeness (QED) is 0.550. The molecule has 0 aliphatic heterocycles. The average Bonchev–Trinajstić information content (AvgIpc) is 3.32. The summed E-state index contributed by atoms with van der Waals surface area (Å²) < 4.78 is 8.30. The molecule has 0 spiro atoms. The van der Waals surface area contributed by atoms with E-state index in [9.17, 15) is 9.59 Å². The van der Waals surface area contributed by atoms with Crippen LogP contribution in [-0.2, 0) is 11.3 Å². The minimum atomic E-state index is -0.231. The Morgan fingerprint density at radius 1 is 1.00 bits per heavy atom. The molecule has 0 radical (unpaired) electrons. The largest absolute Gasteiger partial charge is 0.497 e. The molecule has 0 N–H and O–H groups in total. The number of carbonyl (C=O) groups excluding carboxylic acids is 1. The third-order valence-electron chi connectivity index (χ3n) is 7.40. The number of fused-ring (bicyclic) bond motifs is 1. The Morgan fingerprint density at radius 2 is 1.62 bits per heavy atom. The van der Waals surface area contributed by atoms with Gasteiger partial charge in [-0.25, -0.2) is 9.67 Å². The Balaban J connectivity index is 1.41. The second-order valence-corrected chi connectivity index (χ2v) is 9.55. The number of rotatable bonds is 6. The molecule has 2 aliphatic rings. The van der Waals surface area contributed by atoms with Gasteiger partial charge in [-0.2, -0.15) is 5.10 Å². The van der Waals surface area contributed by atoms with E-state index < -0.39 is 0 Å². The maximum atomic E-state index is 13.6. The lowest BCUT2D eigenvalue weighted by Crippen LogP contribution is -2.50. The molecular weight excluding hydrogens is 430 g/mol. The molecule has 3 aromatic rings. The lowest BCUT2D eigenvalue weighted by Gasteiger charge is -2.42. The summed E-state index contributed by atoms with van der Waals surface area (Å²) in [5.74, 6) is 0.791. The fraction of sp³-hybridized carbons (Fsp3) is 0.538. The Morgan fingerprint density at radius 3 is 2.21 bits per heavy atom. The van der Waals surface area contributed by atoms with Gasteiger partial charge in [0.2, 0.25) is 5.91 Å². The predicted octanol–water partition coefficient (Wildman–Crippen LogP) is 4.08. The zero-order valence-electron chi connectivity index (χ0n) is 19.9. The van der Waals surface area contributed by atoms with Crippen LogP contribution in [0, 0.1) is 0 Å². The highest BCUT2D eigenvalue weighted by molar-refractivity contribution is 5.78. The van der Waals surface area contributed by atoms with E-state index in [-0.39, 0.29) is 18.0 Å². The van der Waals surface area contributed by atoms with Crippen LogP contribution in [-0.4, -0.2) is 49.3 Å². The van der Waals surface area contributed by atoms with Crippen molar-refractivity contribution in [2.75, 3.05) is 7.11 Å². The molecule has 0 saturated heterocycles. The van der Waals surface area contributed by atoms with Crippen molar-refractivity contribution in [1.29, 1.82) is 0 Å². The maximum Gasteiger partial charge on any atom is 0.264 e. The number of carbonyl (C=O) groups is 1. The first-order valence-electron chi connectivity index (χ1n) is 12.5. The van der Waals surface area contributed by atoms with Gasteiger partial charge in [0.05, 0.1) is 19.0 Å². The van der Waals surface area contributed by atoms with Gasteiger partial charge in [0.1, 0.15) is 24.0 Å². The van der Waals surface area contributed by atoms with Crippen LogP contribution < -0.4 is 10.3 Å². The molecule has 180 valence electrons. The van der Waals surface area contributed by atoms with Crippen LogP contribution in [0.15, 0.2) is 41.6 Å². The molecule has 5 rings (SSSR count). The molecule has 0 unspecified atom stereocenters. The van der Waals surface area contributed by atoms with Gasteiger partial charge in [-0.05, 0) is 49.9 Å². The Bertz CT molecular complexity index is 1170. The first-order chi connectivity index (χ1) is 16.7. The van der Waals surface area contributed by atoms with Crippen molar-refractivity contribution in [3.63, 3.8) is 0 Å². The Hall–Kier alpha value is -3.16. The normalized spacial score (nSPS) is 17.7. The predicted molar refractivity (Wildman–Crippen MR) is 130 cm³/mol. The summed E-state index contributed by atoms with van der Waals surface area (Å²) in [6.45, 7) is 0.0302. The van der Waals surface area contributed by atoms with E-state index in [0.717, 1.165) is 37.1 Å². The summed E-state index contributed by atoms with van der Waals surface area (Å²) in [6.07, 6.45) is 14.5. The van der Waals surface area contributed by atoms with Crippen LogP contribution in [0.25, 0.3) is 16.7 Å². The fourth-order valence-electron chi connectivity index (χ4n) is 5.62. The highest BCUT2D eigenvalue weighted by Crippen LogP contribution is 2.30. The highest BCUT2D eigenvalue weighted by Gasteiger charge is 2.32. The molecule has 2 heterocycles. The zero-order valence-corrected chi connectivity index (χ0v) is 19.9. The van der Waals surface area contributed by atoms with Gasteiger partial charge in [-0.3, -0.25) is 14.2 Å². The minimum absolute atomic E-state index is 0.0302. The van der Waals surface area contributed by atoms with Gasteiger partial charge in [0, 0.05) is 12.1 Å². The second kappa shape index (κ2) is 9.99. The Labute approximate surface area is 199 Å². The van der Waals surface area contributed by atoms with E-state index >= 15 is 0 Å². The number of benzene rings is 1. The maximum absolute atomic E-state index is 13.6.